The van der Waals surface area contributed by atoms with Gasteiger partial charge < -0.3 is 9.80 Å². The van der Waals surface area contributed by atoms with Crippen molar-refractivity contribution in [2.45, 2.75) is 25.3 Å². The molecule has 1 aliphatic heterocycles. The molecule has 2 aromatic carbocycles. The quantitative estimate of drug-likeness (QED) is 0.685. The van der Waals surface area contributed by atoms with Crippen LogP contribution in [0.4, 0.5) is 4.39 Å². The fourth-order valence-corrected chi connectivity index (χ4v) is 4.63. The van der Waals surface area contributed by atoms with Crippen LogP contribution in [0.2, 0.25) is 5.02 Å². The van der Waals surface area contributed by atoms with Gasteiger partial charge >= 0.3 is 0 Å². The molecule has 4 nitrogen and oxygen atoms in total. The Hall–Kier alpha value is -2.05. The van der Waals surface area contributed by atoms with Gasteiger partial charge in [-0.3, -0.25) is 9.59 Å². The van der Waals surface area contributed by atoms with E-state index >= 15 is 0 Å². The summed E-state index contributed by atoms with van der Waals surface area (Å²) in [4.78, 5) is 28.9. The van der Waals surface area contributed by atoms with Crippen LogP contribution in [-0.4, -0.2) is 46.5 Å². The second-order valence-corrected chi connectivity index (χ2v) is 8.35. The largest absolute Gasteiger partial charge is 0.334 e. The summed E-state index contributed by atoms with van der Waals surface area (Å²) in [6.45, 7) is 4.67. The van der Waals surface area contributed by atoms with Gasteiger partial charge in [-0.1, -0.05) is 35.9 Å². The molecular formula is C21H22ClFN2O2S. The zero-order valence-electron chi connectivity index (χ0n) is 15.8. The fourth-order valence-electron chi connectivity index (χ4n) is 3.20. The molecule has 1 fully saturated rings. The molecule has 1 aliphatic rings. The van der Waals surface area contributed by atoms with Crippen LogP contribution in [0.25, 0.3) is 0 Å². The zero-order chi connectivity index (χ0) is 20.3. The van der Waals surface area contributed by atoms with E-state index in [1.54, 1.807) is 46.2 Å². The Kier molecular flexibility index (Phi) is 6.62. The maximum absolute atomic E-state index is 13.2. The fraction of sp³-hybridized carbons (Fsp3) is 0.333. The molecule has 1 saturated heterocycles. The van der Waals surface area contributed by atoms with E-state index in [0.717, 1.165) is 5.56 Å². The Morgan fingerprint density at radius 3 is 2.57 bits per heavy atom. The predicted octanol–water partition coefficient (Wildman–Crippen LogP) is 4.60. The first-order valence-electron chi connectivity index (χ1n) is 9.10. The maximum atomic E-state index is 13.2. The lowest BCUT2D eigenvalue weighted by molar-refractivity contribution is -0.128. The van der Waals surface area contributed by atoms with Gasteiger partial charge in [-0.05, 0) is 43.7 Å². The van der Waals surface area contributed by atoms with Gasteiger partial charge in [-0.25, -0.2) is 4.39 Å². The molecule has 1 heterocycles. The summed E-state index contributed by atoms with van der Waals surface area (Å²) < 4.78 is 13.2. The Labute approximate surface area is 173 Å². The van der Waals surface area contributed by atoms with Crippen molar-refractivity contribution in [1.82, 2.24) is 9.80 Å². The van der Waals surface area contributed by atoms with Crippen LogP contribution in [0, 0.1) is 5.82 Å². The minimum atomic E-state index is -0.305. The van der Waals surface area contributed by atoms with Crippen LogP contribution in [0.5, 0.6) is 0 Å². The molecule has 2 amide bonds. The summed E-state index contributed by atoms with van der Waals surface area (Å²) >= 11 is 7.70. The van der Waals surface area contributed by atoms with Crippen LogP contribution in [0.15, 0.2) is 48.5 Å². The molecule has 0 saturated carbocycles. The van der Waals surface area contributed by atoms with Crippen molar-refractivity contribution >= 4 is 35.2 Å². The third kappa shape index (κ3) is 4.50. The number of amides is 2. The highest BCUT2D eigenvalue weighted by Crippen LogP contribution is 2.38. The molecule has 2 aromatic rings. The van der Waals surface area contributed by atoms with Crippen LogP contribution in [0.1, 0.15) is 35.1 Å². The molecule has 1 atom stereocenters. The predicted molar refractivity (Wildman–Crippen MR) is 111 cm³/mol. The molecule has 0 aromatic heterocycles. The standard InChI is InChI=1S/C21H22ClFN2O2S/c1-14(2)24(20(27)17-5-3-4-6-18(17)22)11-12-25-19(26)13-28-21(25)15-7-9-16(23)10-8-15/h3-10,14,21H,11-13H2,1-2H3/t21-/m1/s1. The molecule has 0 N–H and O–H groups in total. The average Bonchev–Trinajstić information content (AvgIpc) is 3.03. The number of thioether (sulfide) groups is 1. The number of rotatable bonds is 6. The topological polar surface area (TPSA) is 40.6 Å². The van der Waals surface area contributed by atoms with Crippen molar-refractivity contribution < 1.29 is 14.0 Å². The van der Waals surface area contributed by atoms with E-state index in [4.69, 9.17) is 11.6 Å². The second kappa shape index (κ2) is 8.97. The highest BCUT2D eigenvalue weighted by Gasteiger charge is 2.33. The summed E-state index contributed by atoms with van der Waals surface area (Å²) in [6.07, 6.45) is 0. The Balaban J connectivity index is 1.75. The minimum absolute atomic E-state index is 0.0215. The number of hydrogen-bond donors (Lipinski definition) is 0. The van der Waals surface area contributed by atoms with Gasteiger partial charge in [-0.15, -0.1) is 11.8 Å². The van der Waals surface area contributed by atoms with Crippen molar-refractivity contribution in [2.75, 3.05) is 18.8 Å². The average molecular weight is 421 g/mol. The summed E-state index contributed by atoms with van der Waals surface area (Å²) in [5.74, 6) is -0.0604. The lowest BCUT2D eigenvalue weighted by Gasteiger charge is -2.31. The van der Waals surface area contributed by atoms with Crippen molar-refractivity contribution in [3.8, 4) is 0 Å². The van der Waals surface area contributed by atoms with E-state index in [2.05, 4.69) is 0 Å². The molecule has 0 spiro atoms. The highest BCUT2D eigenvalue weighted by atomic mass is 35.5. The molecule has 0 bridgehead atoms. The van der Waals surface area contributed by atoms with Gasteiger partial charge in [0.2, 0.25) is 5.91 Å². The Morgan fingerprint density at radius 2 is 1.93 bits per heavy atom. The molecule has 148 valence electrons. The van der Waals surface area contributed by atoms with Crippen molar-refractivity contribution in [3.63, 3.8) is 0 Å². The number of hydrogen-bond acceptors (Lipinski definition) is 3. The molecule has 3 rings (SSSR count). The third-order valence-corrected chi connectivity index (χ3v) is 6.28. The summed E-state index contributed by atoms with van der Waals surface area (Å²) in [5.41, 5.74) is 1.33. The number of halogens is 2. The molecular weight excluding hydrogens is 399 g/mol. The summed E-state index contributed by atoms with van der Waals surface area (Å²) in [7, 11) is 0. The maximum Gasteiger partial charge on any atom is 0.255 e. The molecule has 0 unspecified atom stereocenters. The van der Waals surface area contributed by atoms with Crippen molar-refractivity contribution in [2.24, 2.45) is 0 Å². The van der Waals surface area contributed by atoms with Gasteiger partial charge in [0.25, 0.3) is 5.91 Å². The smallest absolute Gasteiger partial charge is 0.255 e. The SMILES string of the molecule is CC(C)N(CCN1C(=O)CS[C@@H]1c1ccc(F)cc1)C(=O)c1ccccc1Cl. The first kappa shape index (κ1) is 20.7. The number of carbonyl (C=O) groups is 2. The number of nitrogens with zero attached hydrogens (tertiary/aromatic N) is 2. The van der Waals surface area contributed by atoms with Crippen LogP contribution in [0.3, 0.4) is 0 Å². The molecule has 0 radical (unpaired) electrons. The van der Waals surface area contributed by atoms with Crippen LogP contribution >= 0.6 is 23.4 Å². The van der Waals surface area contributed by atoms with Crippen molar-refractivity contribution in [3.05, 3.63) is 70.5 Å². The van der Waals surface area contributed by atoms with Gasteiger partial charge in [0, 0.05) is 19.1 Å². The second-order valence-electron chi connectivity index (χ2n) is 6.87. The lowest BCUT2D eigenvalue weighted by atomic mass is 10.1. The van der Waals surface area contributed by atoms with E-state index in [9.17, 15) is 14.0 Å². The number of benzene rings is 2. The van der Waals surface area contributed by atoms with E-state index < -0.39 is 0 Å². The summed E-state index contributed by atoms with van der Waals surface area (Å²) in [5, 5.41) is 0.243. The highest BCUT2D eigenvalue weighted by molar-refractivity contribution is 8.00. The first-order chi connectivity index (χ1) is 13.4. The normalized spacial score (nSPS) is 16.7. The Bertz CT molecular complexity index is 860. The van der Waals surface area contributed by atoms with Crippen LogP contribution in [-0.2, 0) is 4.79 Å². The lowest BCUT2D eigenvalue weighted by Crippen LogP contribution is -2.43. The van der Waals surface area contributed by atoms with Gasteiger partial charge in [-0.2, -0.15) is 0 Å². The third-order valence-electron chi connectivity index (χ3n) is 4.69. The van der Waals surface area contributed by atoms with Crippen LogP contribution < -0.4 is 0 Å². The molecule has 28 heavy (non-hydrogen) atoms. The van der Waals surface area contributed by atoms with E-state index in [-0.39, 0.29) is 29.0 Å². The monoisotopic (exact) mass is 420 g/mol. The minimum Gasteiger partial charge on any atom is -0.334 e. The van der Waals surface area contributed by atoms with Gasteiger partial charge in [0.05, 0.1) is 16.3 Å². The zero-order valence-corrected chi connectivity index (χ0v) is 17.3. The first-order valence-corrected chi connectivity index (χ1v) is 10.5. The van der Waals surface area contributed by atoms with Crippen molar-refractivity contribution in [1.29, 1.82) is 0 Å². The van der Waals surface area contributed by atoms with Gasteiger partial charge in [0.1, 0.15) is 11.2 Å². The van der Waals surface area contributed by atoms with Gasteiger partial charge in [0.15, 0.2) is 0 Å². The Morgan fingerprint density at radius 1 is 1.25 bits per heavy atom. The van der Waals surface area contributed by atoms with E-state index in [1.165, 1.54) is 23.9 Å². The number of carbonyl (C=O) groups excluding carboxylic acids is 2. The summed E-state index contributed by atoms with van der Waals surface area (Å²) in [6, 6.07) is 13.1. The molecule has 7 heteroatoms. The van der Waals surface area contributed by atoms with E-state index in [0.29, 0.717) is 29.4 Å². The van der Waals surface area contributed by atoms with E-state index in [1.807, 2.05) is 13.8 Å². The molecule has 0 aliphatic carbocycles.